The molecule has 0 radical (unpaired) electrons. The Labute approximate surface area is 194 Å². The van der Waals surface area contributed by atoms with Crippen LogP contribution in [0.1, 0.15) is 62.4 Å². The maximum atomic E-state index is 13.2. The topological polar surface area (TPSA) is 89.0 Å². The van der Waals surface area contributed by atoms with Gasteiger partial charge in [0, 0.05) is 24.9 Å². The number of ether oxygens (including phenoxy) is 2. The van der Waals surface area contributed by atoms with Gasteiger partial charge in [-0.05, 0) is 61.6 Å². The molecule has 33 heavy (non-hydrogen) atoms. The second kappa shape index (κ2) is 9.75. The van der Waals surface area contributed by atoms with Gasteiger partial charge in [0.05, 0.1) is 24.0 Å². The number of rotatable bonds is 7. The Morgan fingerprint density at radius 1 is 1.27 bits per heavy atom. The predicted molar refractivity (Wildman–Crippen MR) is 124 cm³/mol. The van der Waals surface area contributed by atoms with Gasteiger partial charge in [-0.15, -0.1) is 0 Å². The highest BCUT2D eigenvalue weighted by molar-refractivity contribution is 6.46. The zero-order chi connectivity index (χ0) is 23.5. The van der Waals surface area contributed by atoms with Crippen LogP contribution in [0.15, 0.2) is 48.2 Å². The lowest BCUT2D eigenvalue weighted by molar-refractivity contribution is -0.140. The van der Waals surface area contributed by atoms with Gasteiger partial charge in [-0.3, -0.25) is 14.6 Å². The van der Waals surface area contributed by atoms with Crippen LogP contribution in [0.2, 0.25) is 0 Å². The fraction of sp³-hybridized carbons (Fsp3) is 0.423. The molecule has 2 aliphatic rings. The molecular formula is C26H30N2O5. The third kappa shape index (κ3) is 4.50. The molecule has 0 saturated carbocycles. The summed E-state index contributed by atoms with van der Waals surface area (Å²) in [6, 6.07) is 9.92. The van der Waals surface area contributed by atoms with Crippen LogP contribution in [0.25, 0.3) is 5.76 Å². The van der Waals surface area contributed by atoms with E-state index >= 15 is 0 Å². The van der Waals surface area contributed by atoms with E-state index in [1.807, 2.05) is 32.9 Å². The first-order valence-electron chi connectivity index (χ1n) is 11.5. The van der Waals surface area contributed by atoms with E-state index in [2.05, 4.69) is 4.98 Å². The van der Waals surface area contributed by atoms with Crippen LogP contribution in [0.3, 0.4) is 0 Å². The lowest BCUT2D eigenvalue weighted by Gasteiger charge is -2.26. The molecule has 1 aromatic carbocycles. The van der Waals surface area contributed by atoms with E-state index in [1.165, 1.54) is 4.90 Å². The van der Waals surface area contributed by atoms with Crippen molar-refractivity contribution in [2.75, 3.05) is 19.8 Å². The molecule has 3 heterocycles. The summed E-state index contributed by atoms with van der Waals surface area (Å²) >= 11 is 0. The van der Waals surface area contributed by atoms with E-state index in [4.69, 9.17) is 9.47 Å². The minimum atomic E-state index is -0.774. The first-order chi connectivity index (χ1) is 15.9. The Balaban J connectivity index is 1.81. The van der Waals surface area contributed by atoms with Crippen molar-refractivity contribution < 1.29 is 24.2 Å². The van der Waals surface area contributed by atoms with E-state index in [1.54, 1.807) is 30.5 Å². The number of ketones is 1. The molecule has 2 saturated heterocycles. The van der Waals surface area contributed by atoms with Gasteiger partial charge in [-0.25, -0.2) is 0 Å². The van der Waals surface area contributed by atoms with Crippen molar-refractivity contribution in [3.05, 3.63) is 65.0 Å². The number of carbonyl (C=O) groups is 2. The number of aliphatic hydroxyl groups excluding tert-OH is 1. The van der Waals surface area contributed by atoms with Crippen molar-refractivity contribution in [2.24, 2.45) is 0 Å². The fourth-order valence-corrected chi connectivity index (χ4v) is 4.51. The Kier molecular flexibility index (Phi) is 6.79. The Bertz CT molecular complexity index is 1060. The van der Waals surface area contributed by atoms with Crippen LogP contribution >= 0.6 is 0 Å². The van der Waals surface area contributed by atoms with Gasteiger partial charge in [0.25, 0.3) is 11.7 Å². The highest BCUT2D eigenvalue weighted by Gasteiger charge is 2.47. The fourth-order valence-electron chi connectivity index (χ4n) is 4.51. The first kappa shape index (κ1) is 23.0. The standard InChI is InChI=1S/C26H30N2O5/c1-4-32-21-11-10-17(14-19(21)16(2)3)24(29)22-23(20-9-5-6-12-27-20)28(26(31)25(22)30)15-18-8-7-13-33-18/h5-6,9-12,14,16,18,23,29H,4,7-8,13,15H2,1-3H3/b24-22-. The number of aromatic nitrogens is 1. The molecule has 2 unspecified atom stereocenters. The Hall–Kier alpha value is -3.19. The molecule has 2 atom stereocenters. The molecule has 2 fully saturated rings. The molecule has 4 rings (SSSR count). The third-order valence-corrected chi connectivity index (χ3v) is 6.14. The average molecular weight is 451 g/mol. The van der Waals surface area contributed by atoms with Gasteiger partial charge in [-0.2, -0.15) is 0 Å². The normalized spacial score (nSPS) is 22.4. The monoisotopic (exact) mass is 450 g/mol. The Morgan fingerprint density at radius 2 is 2.09 bits per heavy atom. The molecule has 1 amide bonds. The van der Waals surface area contributed by atoms with Crippen LogP contribution in [0, 0.1) is 0 Å². The minimum Gasteiger partial charge on any atom is -0.507 e. The highest BCUT2D eigenvalue weighted by Crippen LogP contribution is 2.40. The molecule has 174 valence electrons. The number of hydrogen-bond acceptors (Lipinski definition) is 6. The molecule has 7 nitrogen and oxygen atoms in total. The number of aliphatic hydroxyl groups is 1. The highest BCUT2D eigenvalue weighted by atomic mass is 16.5. The lowest BCUT2D eigenvalue weighted by Crippen LogP contribution is -2.36. The number of Topliss-reactive ketones (excluding diaryl/α,β-unsaturated/α-hetero) is 1. The van der Waals surface area contributed by atoms with E-state index < -0.39 is 17.7 Å². The molecule has 0 aliphatic carbocycles. The minimum absolute atomic E-state index is 0.0514. The first-order valence-corrected chi connectivity index (χ1v) is 11.5. The molecule has 0 spiro atoms. The second-order valence-electron chi connectivity index (χ2n) is 8.68. The smallest absolute Gasteiger partial charge is 0.295 e. The van der Waals surface area contributed by atoms with Crippen molar-refractivity contribution >= 4 is 17.4 Å². The van der Waals surface area contributed by atoms with Crippen molar-refractivity contribution in [3.63, 3.8) is 0 Å². The zero-order valence-electron chi connectivity index (χ0n) is 19.3. The maximum Gasteiger partial charge on any atom is 0.295 e. The summed E-state index contributed by atoms with van der Waals surface area (Å²) in [6.45, 7) is 7.45. The Morgan fingerprint density at radius 3 is 2.73 bits per heavy atom. The third-order valence-electron chi connectivity index (χ3n) is 6.14. The summed E-state index contributed by atoms with van der Waals surface area (Å²) < 4.78 is 11.5. The molecule has 1 aromatic heterocycles. The number of amides is 1. The van der Waals surface area contributed by atoms with E-state index in [9.17, 15) is 14.7 Å². The summed E-state index contributed by atoms with van der Waals surface area (Å²) in [6.07, 6.45) is 3.24. The molecular weight excluding hydrogens is 420 g/mol. The number of likely N-dealkylation sites (tertiary alicyclic amines) is 1. The van der Waals surface area contributed by atoms with Gasteiger partial charge in [-0.1, -0.05) is 19.9 Å². The summed E-state index contributed by atoms with van der Waals surface area (Å²) in [7, 11) is 0. The van der Waals surface area contributed by atoms with Crippen LogP contribution < -0.4 is 4.74 Å². The van der Waals surface area contributed by atoms with Crippen molar-refractivity contribution in [3.8, 4) is 5.75 Å². The molecule has 2 aromatic rings. The quantitative estimate of drug-likeness (QED) is 0.386. The van der Waals surface area contributed by atoms with Crippen LogP contribution in [-0.2, 0) is 14.3 Å². The van der Waals surface area contributed by atoms with Crippen molar-refractivity contribution in [1.29, 1.82) is 0 Å². The summed E-state index contributed by atoms with van der Waals surface area (Å²) in [4.78, 5) is 32.1. The van der Waals surface area contributed by atoms with Crippen LogP contribution in [0.5, 0.6) is 5.75 Å². The summed E-state index contributed by atoms with van der Waals surface area (Å²) in [5.41, 5.74) is 1.98. The van der Waals surface area contributed by atoms with E-state index in [-0.39, 0.29) is 29.9 Å². The van der Waals surface area contributed by atoms with E-state index in [0.29, 0.717) is 24.5 Å². The van der Waals surface area contributed by atoms with Gasteiger partial charge < -0.3 is 19.5 Å². The molecule has 0 bridgehead atoms. The molecule has 7 heteroatoms. The SMILES string of the molecule is CCOc1ccc(/C(O)=C2/C(=O)C(=O)N(CC3CCCO3)C2c2ccccn2)cc1C(C)C. The van der Waals surface area contributed by atoms with Crippen molar-refractivity contribution in [1.82, 2.24) is 9.88 Å². The number of carbonyl (C=O) groups excluding carboxylic acids is 2. The number of benzene rings is 1. The predicted octanol–water partition coefficient (Wildman–Crippen LogP) is 4.20. The molecule has 1 N–H and O–H groups in total. The van der Waals surface area contributed by atoms with Gasteiger partial charge in [0.2, 0.25) is 0 Å². The van der Waals surface area contributed by atoms with E-state index in [0.717, 1.165) is 24.2 Å². The number of nitrogens with zero attached hydrogens (tertiary/aromatic N) is 2. The number of hydrogen-bond donors (Lipinski definition) is 1. The van der Waals surface area contributed by atoms with Gasteiger partial charge in [0.15, 0.2) is 0 Å². The lowest BCUT2D eigenvalue weighted by atomic mass is 9.94. The van der Waals surface area contributed by atoms with Crippen LogP contribution in [0.4, 0.5) is 0 Å². The van der Waals surface area contributed by atoms with Crippen molar-refractivity contribution in [2.45, 2.75) is 51.7 Å². The number of pyridine rings is 1. The van der Waals surface area contributed by atoms with Gasteiger partial charge >= 0.3 is 0 Å². The summed E-state index contributed by atoms with van der Waals surface area (Å²) in [5.74, 6) is -0.667. The largest absolute Gasteiger partial charge is 0.507 e. The van der Waals surface area contributed by atoms with Crippen LogP contribution in [-0.4, -0.2) is 52.5 Å². The average Bonchev–Trinajstić information content (AvgIpc) is 3.42. The summed E-state index contributed by atoms with van der Waals surface area (Å²) in [5, 5.41) is 11.3. The maximum absolute atomic E-state index is 13.2. The second-order valence-corrected chi connectivity index (χ2v) is 8.68. The zero-order valence-corrected chi connectivity index (χ0v) is 19.3. The van der Waals surface area contributed by atoms with Gasteiger partial charge in [0.1, 0.15) is 17.6 Å². The molecule has 2 aliphatic heterocycles.